The topological polar surface area (TPSA) is 32.3 Å². The van der Waals surface area contributed by atoms with Crippen LogP contribution in [-0.4, -0.2) is 30.6 Å². The summed E-state index contributed by atoms with van der Waals surface area (Å²) in [6.45, 7) is 2.85. The van der Waals surface area contributed by atoms with E-state index in [2.05, 4.69) is 5.32 Å². The quantitative estimate of drug-likeness (QED) is 0.519. The average Bonchev–Trinajstić information content (AvgIpc) is 1.99. The van der Waals surface area contributed by atoms with Gasteiger partial charge < -0.3 is 10.2 Å². The predicted octanol–water partition coefficient (Wildman–Crippen LogP) is 0.422. The zero-order valence-electron chi connectivity index (χ0n) is 5.97. The van der Waals surface area contributed by atoms with Gasteiger partial charge in [-0.05, 0) is 18.8 Å². The van der Waals surface area contributed by atoms with Crippen LogP contribution in [0.4, 0.5) is 4.79 Å². The minimum Gasteiger partial charge on any atom is -0.338 e. The molecule has 0 aliphatic carbocycles. The second-order valence-corrected chi connectivity index (χ2v) is 3.14. The van der Waals surface area contributed by atoms with Gasteiger partial charge in [0.1, 0.15) is 0 Å². The molecule has 0 aromatic heterocycles. The number of piperidine rings is 1. The van der Waals surface area contributed by atoms with E-state index >= 15 is 0 Å². The lowest BCUT2D eigenvalue weighted by atomic mass is 9.97. The Morgan fingerprint density at radius 2 is 2.50 bits per heavy atom. The lowest BCUT2D eigenvalue weighted by molar-refractivity contribution is 0.141. The molecule has 2 aliphatic heterocycles. The van der Waals surface area contributed by atoms with Crippen LogP contribution in [0.5, 0.6) is 0 Å². The Hall–Kier alpha value is -0.730. The third-order valence-electron chi connectivity index (χ3n) is 2.35. The van der Waals surface area contributed by atoms with E-state index in [4.69, 9.17) is 0 Å². The van der Waals surface area contributed by atoms with Crippen molar-refractivity contribution in [2.45, 2.75) is 12.8 Å². The molecule has 0 aromatic rings. The van der Waals surface area contributed by atoms with Crippen molar-refractivity contribution in [1.82, 2.24) is 10.2 Å². The molecule has 0 aromatic carbocycles. The van der Waals surface area contributed by atoms with Crippen LogP contribution in [0.1, 0.15) is 12.8 Å². The van der Waals surface area contributed by atoms with Crippen molar-refractivity contribution in [1.29, 1.82) is 0 Å². The average molecular weight is 140 g/mol. The van der Waals surface area contributed by atoms with E-state index in [1.807, 2.05) is 4.90 Å². The Kier molecular flexibility index (Phi) is 1.29. The molecule has 1 unspecified atom stereocenters. The minimum atomic E-state index is 0.135. The molecule has 2 saturated heterocycles. The zero-order valence-corrected chi connectivity index (χ0v) is 5.97. The van der Waals surface area contributed by atoms with Gasteiger partial charge in [-0.3, -0.25) is 0 Å². The van der Waals surface area contributed by atoms with Gasteiger partial charge in [-0.15, -0.1) is 0 Å². The smallest absolute Gasteiger partial charge is 0.317 e. The van der Waals surface area contributed by atoms with Gasteiger partial charge in [0, 0.05) is 19.6 Å². The second-order valence-electron chi connectivity index (χ2n) is 3.14. The fraction of sp³-hybridized carbons (Fsp3) is 0.857. The second kappa shape index (κ2) is 2.15. The van der Waals surface area contributed by atoms with Crippen LogP contribution in [-0.2, 0) is 0 Å². The molecule has 0 radical (unpaired) electrons. The molecule has 2 fully saturated rings. The molecule has 2 rings (SSSR count). The summed E-state index contributed by atoms with van der Waals surface area (Å²) in [5.41, 5.74) is 0. The molecular weight excluding hydrogens is 128 g/mol. The van der Waals surface area contributed by atoms with Gasteiger partial charge in [0.15, 0.2) is 0 Å². The molecule has 2 heterocycles. The first kappa shape index (κ1) is 6.01. The third-order valence-corrected chi connectivity index (χ3v) is 2.35. The van der Waals surface area contributed by atoms with Crippen molar-refractivity contribution in [3.8, 4) is 0 Å². The molecule has 0 spiro atoms. The summed E-state index contributed by atoms with van der Waals surface area (Å²) in [5, 5.41) is 2.87. The normalized spacial score (nSPS) is 31.8. The monoisotopic (exact) mass is 140 g/mol. The van der Waals surface area contributed by atoms with Crippen molar-refractivity contribution in [3.05, 3.63) is 0 Å². The van der Waals surface area contributed by atoms with Crippen molar-refractivity contribution < 1.29 is 4.79 Å². The number of urea groups is 1. The molecule has 56 valence electrons. The maximum absolute atomic E-state index is 11.0. The van der Waals surface area contributed by atoms with Crippen LogP contribution >= 0.6 is 0 Å². The summed E-state index contributed by atoms with van der Waals surface area (Å²) in [6.07, 6.45) is 2.48. The predicted molar refractivity (Wildman–Crippen MR) is 37.7 cm³/mol. The number of fused-ring (bicyclic) bond motifs is 2. The number of carbonyl (C=O) groups excluding carboxylic acids is 1. The largest absolute Gasteiger partial charge is 0.338 e. The van der Waals surface area contributed by atoms with E-state index in [9.17, 15) is 4.79 Å². The number of amides is 2. The fourth-order valence-electron chi connectivity index (χ4n) is 1.76. The summed E-state index contributed by atoms with van der Waals surface area (Å²) < 4.78 is 0. The third kappa shape index (κ3) is 0.856. The summed E-state index contributed by atoms with van der Waals surface area (Å²) in [4.78, 5) is 12.9. The molecule has 1 atom stereocenters. The molecule has 2 aliphatic rings. The Labute approximate surface area is 60.4 Å². The molecule has 3 heteroatoms. The van der Waals surface area contributed by atoms with Crippen LogP contribution in [0.3, 0.4) is 0 Å². The Morgan fingerprint density at radius 3 is 3.30 bits per heavy atom. The van der Waals surface area contributed by atoms with Gasteiger partial charge in [0.05, 0.1) is 0 Å². The van der Waals surface area contributed by atoms with Gasteiger partial charge >= 0.3 is 6.03 Å². The van der Waals surface area contributed by atoms with E-state index < -0.39 is 0 Å². The molecule has 2 amide bonds. The number of carbonyl (C=O) groups is 1. The molecule has 3 nitrogen and oxygen atoms in total. The van der Waals surface area contributed by atoms with Crippen LogP contribution < -0.4 is 5.32 Å². The van der Waals surface area contributed by atoms with Gasteiger partial charge in [0.25, 0.3) is 0 Å². The minimum absolute atomic E-state index is 0.135. The standard InChI is InChI=1S/C7H12N2O/c10-7-8-4-6-2-1-3-9(7)5-6/h6H,1-5H2,(H,8,10). The highest BCUT2D eigenvalue weighted by Crippen LogP contribution is 2.18. The first-order chi connectivity index (χ1) is 4.86. The molecule has 2 bridgehead atoms. The van der Waals surface area contributed by atoms with Gasteiger partial charge in [-0.1, -0.05) is 0 Å². The maximum Gasteiger partial charge on any atom is 0.317 e. The van der Waals surface area contributed by atoms with E-state index in [1.165, 1.54) is 12.8 Å². The summed E-state index contributed by atoms with van der Waals surface area (Å²) in [5.74, 6) is 0.728. The first-order valence-corrected chi connectivity index (χ1v) is 3.89. The molecule has 0 saturated carbocycles. The lowest BCUT2D eigenvalue weighted by Crippen LogP contribution is -2.53. The van der Waals surface area contributed by atoms with Crippen molar-refractivity contribution >= 4 is 6.03 Å². The van der Waals surface area contributed by atoms with E-state index in [0.29, 0.717) is 0 Å². The van der Waals surface area contributed by atoms with E-state index in [1.54, 1.807) is 0 Å². The molecular formula is C7H12N2O. The number of nitrogens with zero attached hydrogens (tertiary/aromatic N) is 1. The van der Waals surface area contributed by atoms with Crippen LogP contribution in [0.2, 0.25) is 0 Å². The highest BCUT2D eigenvalue weighted by molar-refractivity contribution is 5.75. The summed E-state index contributed by atoms with van der Waals surface area (Å²) in [7, 11) is 0. The van der Waals surface area contributed by atoms with E-state index in [0.717, 1.165) is 25.6 Å². The van der Waals surface area contributed by atoms with E-state index in [-0.39, 0.29) is 6.03 Å². The number of hydrogen-bond acceptors (Lipinski definition) is 1. The van der Waals surface area contributed by atoms with Crippen molar-refractivity contribution in [3.63, 3.8) is 0 Å². The summed E-state index contributed by atoms with van der Waals surface area (Å²) in [6, 6.07) is 0.135. The van der Waals surface area contributed by atoms with Crippen molar-refractivity contribution in [2.75, 3.05) is 19.6 Å². The number of nitrogens with one attached hydrogen (secondary N) is 1. The summed E-state index contributed by atoms with van der Waals surface area (Å²) >= 11 is 0. The van der Waals surface area contributed by atoms with Gasteiger partial charge in [-0.25, -0.2) is 4.79 Å². The Bertz CT molecular complexity index is 158. The van der Waals surface area contributed by atoms with Crippen molar-refractivity contribution in [2.24, 2.45) is 5.92 Å². The Balaban J connectivity index is 2.07. The Morgan fingerprint density at radius 1 is 1.60 bits per heavy atom. The highest BCUT2D eigenvalue weighted by Gasteiger charge is 2.27. The van der Waals surface area contributed by atoms with Crippen LogP contribution in [0.25, 0.3) is 0 Å². The maximum atomic E-state index is 11.0. The fourth-order valence-corrected chi connectivity index (χ4v) is 1.76. The first-order valence-electron chi connectivity index (χ1n) is 3.89. The zero-order chi connectivity index (χ0) is 6.97. The lowest BCUT2D eigenvalue weighted by Gasteiger charge is -2.37. The molecule has 10 heavy (non-hydrogen) atoms. The number of rotatable bonds is 0. The van der Waals surface area contributed by atoms with Crippen LogP contribution in [0.15, 0.2) is 0 Å². The SMILES string of the molecule is O=C1NCC2CCCN1C2. The van der Waals surface area contributed by atoms with Gasteiger partial charge in [0.2, 0.25) is 0 Å². The molecule has 1 N–H and O–H groups in total. The van der Waals surface area contributed by atoms with Crippen LogP contribution in [0, 0.1) is 5.92 Å². The number of hydrogen-bond donors (Lipinski definition) is 1. The van der Waals surface area contributed by atoms with Gasteiger partial charge in [-0.2, -0.15) is 0 Å². The highest BCUT2D eigenvalue weighted by atomic mass is 16.2.